The molecule has 3 aromatic rings. The third kappa shape index (κ3) is 14.5. The zero-order valence-electron chi connectivity index (χ0n) is 30.1. The summed E-state index contributed by atoms with van der Waals surface area (Å²) in [6.07, 6.45) is 3.61. The largest absolute Gasteiger partial charge is 0.444 e. The Balaban J connectivity index is 0.00000206. The molecule has 51 heavy (non-hydrogen) atoms. The van der Waals surface area contributed by atoms with Gasteiger partial charge in [0.2, 0.25) is 5.91 Å². The highest BCUT2D eigenvalue weighted by atomic mass is 19.1. The fraction of sp³-hybridized carbons (Fsp3) is 0.541. The number of aromatic nitrogens is 2. The number of hydrogen-bond donors (Lipinski definition) is 3. The Morgan fingerprint density at radius 1 is 1.02 bits per heavy atom. The minimum absolute atomic E-state index is 0. The van der Waals surface area contributed by atoms with Crippen LogP contribution in [0.15, 0.2) is 47.3 Å². The number of nitrogens with two attached hydrogens (primary N) is 1. The minimum Gasteiger partial charge on any atom is -0.444 e. The molecule has 0 saturated carbocycles. The van der Waals surface area contributed by atoms with Gasteiger partial charge in [0.25, 0.3) is 11.5 Å². The van der Waals surface area contributed by atoms with E-state index in [1.807, 2.05) is 44.9 Å². The molecular weight excluding hydrogens is 652 g/mol. The van der Waals surface area contributed by atoms with Crippen LogP contribution in [0.5, 0.6) is 0 Å². The smallest absolute Gasteiger partial charge is 0.407 e. The molecule has 14 heteroatoms. The lowest BCUT2D eigenvalue weighted by Crippen LogP contribution is -2.52. The highest BCUT2D eigenvalue weighted by Crippen LogP contribution is 2.20. The topological polar surface area (TPSA) is 154 Å². The van der Waals surface area contributed by atoms with Gasteiger partial charge in [-0.15, -0.1) is 0 Å². The maximum absolute atomic E-state index is 14.8. The number of piperazine rings is 1. The minimum atomic E-state index is -0.608. The average molecular weight is 709 g/mol. The van der Waals surface area contributed by atoms with E-state index in [0.717, 1.165) is 38.8 Å². The number of rotatable bonds is 12. The molecule has 0 bridgehead atoms. The highest BCUT2D eigenvalue weighted by Gasteiger charge is 2.27. The van der Waals surface area contributed by atoms with Crippen LogP contribution in [-0.2, 0) is 16.0 Å². The van der Waals surface area contributed by atoms with Crippen molar-refractivity contribution in [3.05, 3.63) is 75.5 Å². The summed E-state index contributed by atoms with van der Waals surface area (Å²) in [7, 11) is 1.90. The van der Waals surface area contributed by atoms with E-state index < -0.39 is 23.4 Å². The lowest BCUT2D eigenvalue weighted by Gasteiger charge is -2.35. The molecule has 0 unspecified atom stereocenters. The number of H-pyrrole nitrogens is 1. The summed E-state index contributed by atoms with van der Waals surface area (Å²) >= 11 is 0. The summed E-state index contributed by atoms with van der Waals surface area (Å²) in [6.45, 7) is 11.3. The number of amides is 3. The van der Waals surface area contributed by atoms with E-state index >= 15 is 0 Å². The monoisotopic (exact) mass is 708 g/mol. The van der Waals surface area contributed by atoms with Crippen LogP contribution in [0.3, 0.4) is 0 Å². The van der Waals surface area contributed by atoms with Crippen molar-refractivity contribution in [3.63, 3.8) is 0 Å². The number of fused-ring (bicyclic) bond motifs is 1. The summed E-state index contributed by atoms with van der Waals surface area (Å²) < 4.78 is 20.0. The van der Waals surface area contributed by atoms with E-state index in [4.69, 9.17) is 10.5 Å². The molecule has 0 atom stereocenters. The highest BCUT2D eigenvalue weighted by molar-refractivity contribution is 5.95. The first kappa shape index (κ1) is 44.7. The van der Waals surface area contributed by atoms with Crippen LogP contribution in [0.25, 0.3) is 10.8 Å². The quantitative estimate of drug-likeness (QED) is 0.187. The zero-order valence-corrected chi connectivity index (χ0v) is 30.1. The van der Waals surface area contributed by atoms with Gasteiger partial charge in [-0.3, -0.25) is 19.3 Å². The molecule has 0 spiro atoms. The molecule has 1 aromatic heterocycles. The van der Waals surface area contributed by atoms with Gasteiger partial charge in [-0.1, -0.05) is 45.0 Å². The van der Waals surface area contributed by atoms with Gasteiger partial charge in [0.15, 0.2) is 0 Å². The number of nitrogens with one attached hydrogen (secondary N) is 2. The first-order valence-corrected chi connectivity index (χ1v) is 17.0. The fourth-order valence-corrected chi connectivity index (χ4v) is 5.27. The Bertz CT molecular complexity index is 1600. The number of aromatic amines is 1. The maximum atomic E-state index is 14.8. The number of unbranched alkanes of at least 4 members (excludes halogenated alkanes) is 2. The van der Waals surface area contributed by atoms with Crippen molar-refractivity contribution < 1.29 is 23.5 Å². The number of hydrogen-bond acceptors (Lipinski definition) is 8. The SMILES string of the molecule is C.CCCN.CN(CCCCCNC(=O)OC(C)(C)C)CC(=O)N1CCN(C(=O)c2cc(Cc3n[nH]c(=O)c4ccccc34)ccc2F)CC1.[B]. The van der Waals surface area contributed by atoms with Gasteiger partial charge < -0.3 is 25.6 Å². The van der Waals surface area contributed by atoms with Crippen LogP contribution in [-0.4, -0.2) is 116 Å². The normalized spacial score (nSPS) is 12.7. The van der Waals surface area contributed by atoms with Crippen LogP contribution in [0.4, 0.5) is 9.18 Å². The molecule has 1 saturated heterocycles. The van der Waals surface area contributed by atoms with Crippen molar-refractivity contribution in [1.29, 1.82) is 0 Å². The first-order chi connectivity index (χ1) is 23.3. The van der Waals surface area contributed by atoms with Gasteiger partial charge >= 0.3 is 6.09 Å². The third-order valence-electron chi connectivity index (χ3n) is 7.91. The van der Waals surface area contributed by atoms with Gasteiger partial charge in [-0.05, 0) is 83.9 Å². The van der Waals surface area contributed by atoms with E-state index in [9.17, 15) is 23.6 Å². The number of benzene rings is 2. The zero-order chi connectivity index (χ0) is 36.0. The number of nitrogens with zero attached hydrogens (tertiary/aromatic N) is 4. The predicted molar refractivity (Wildman–Crippen MR) is 201 cm³/mol. The molecule has 4 N–H and O–H groups in total. The lowest BCUT2D eigenvalue weighted by atomic mass is 10.0. The van der Waals surface area contributed by atoms with Crippen LogP contribution in [0.1, 0.15) is 82.4 Å². The Kier molecular flexibility index (Phi) is 19.1. The fourth-order valence-electron chi connectivity index (χ4n) is 5.27. The number of likely N-dealkylation sites (N-methyl/N-ethyl adjacent to an activating group) is 1. The molecule has 0 aliphatic carbocycles. The van der Waals surface area contributed by atoms with Gasteiger partial charge in [-0.25, -0.2) is 14.3 Å². The van der Waals surface area contributed by atoms with Crippen molar-refractivity contribution in [2.75, 3.05) is 59.4 Å². The van der Waals surface area contributed by atoms with Crippen molar-refractivity contribution >= 4 is 37.1 Å². The molecule has 1 aliphatic rings. The second-order valence-electron chi connectivity index (χ2n) is 13.2. The maximum Gasteiger partial charge on any atom is 0.407 e. The molecule has 3 radical (unpaired) electrons. The Morgan fingerprint density at radius 3 is 2.27 bits per heavy atom. The number of halogens is 1. The number of carbonyl (C=O) groups is 3. The second-order valence-corrected chi connectivity index (χ2v) is 13.2. The van der Waals surface area contributed by atoms with Crippen LogP contribution in [0, 0.1) is 5.82 Å². The van der Waals surface area contributed by atoms with Crippen LogP contribution < -0.4 is 16.6 Å². The number of ether oxygens (including phenoxy) is 1. The van der Waals surface area contributed by atoms with Gasteiger partial charge in [0.05, 0.1) is 23.2 Å². The second kappa shape index (κ2) is 21.8. The standard InChI is InChI=1S/C33H43FN6O5.C3H9N.CH4.B/c1-33(2,3)45-32(44)35-14-8-5-9-15-38(4)22-29(41)39-16-18-40(19-17-39)31(43)26-20-23(12-13-27(26)34)21-28-24-10-6-7-11-25(24)30(42)37-36-28;1-2-3-4;;/h6-7,10-13,20H,5,8-9,14-19,21-22H2,1-4H3,(H,35,44)(H,37,42);2-4H2,1H3;1H4;. The molecule has 2 heterocycles. The van der Waals surface area contributed by atoms with Crippen molar-refractivity contribution in [3.8, 4) is 0 Å². The van der Waals surface area contributed by atoms with Gasteiger partial charge in [0, 0.05) is 52.9 Å². The van der Waals surface area contributed by atoms with Gasteiger partial charge in [-0.2, -0.15) is 5.10 Å². The molecular formula is C37H56BFN7O5. The van der Waals surface area contributed by atoms with E-state index in [1.54, 1.807) is 34.1 Å². The summed E-state index contributed by atoms with van der Waals surface area (Å²) in [5.41, 5.74) is 5.52. The van der Waals surface area contributed by atoms with Crippen LogP contribution >= 0.6 is 0 Å². The third-order valence-corrected chi connectivity index (χ3v) is 7.91. The molecule has 4 rings (SSSR count). The van der Waals surface area contributed by atoms with E-state index in [-0.39, 0.29) is 39.4 Å². The molecule has 12 nitrogen and oxygen atoms in total. The Morgan fingerprint density at radius 2 is 1.65 bits per heavy atom. The average Bonchev–Trinajstić information content (AvgIpc) is 3.07. The molecule has 1 fully saturated rings. The van der Waals surface area contributed by atoms with E-state index in [2.05, 4.69) is 22.4 Å². The predicted octanol–water partition coefficient (Wildman–Crippen LogP) is 4.17. The molecule has 3 amide bonds. The van der Waals surface area contributed by atoms with Gasteiger partial charge in [0.1, 0.15) is 11.4 Å². The number of carbonyl (C=O) groups excluding carboxylic acids is 3. The molecule has 279 valence electrons. The molecule has 2 aromatic carbocycles. The van der Waals surface area contributed by atoms with Crippen LogP contribution in [0.2, 0.25) is 0 Å². The summed E-state index contributed by atoms with van der Waals surface area (Å²) in [6, 6.07) is 11.6. The van der Waals surface area contributed by atoms with Crippen molar-refractivity contribution in [1.82, 2.24) is 30.2 Å². The summed E-state index contributed by atoms with van der Waals surface area (Å²) in [5, 5.41) is 10.7. The van der Waals surface area contributed by atoms with Crippen molar-refractivity contribution in [2.45, 2.75) is 72.8 Å². The molecule has 1 aliphatic heterocycles. The lowest BCUT2D eigenvalue weighted by molar-refractivity contribution is -0.133. The van der Waals surface area contributed by atoms with E-state index in [0.29, 0.717) is 61.2 Å². The summed E-state index contributed by atoms with van der Waals surface area (Å²) in [5.74, 6) is -1.03. The summed E-state index contributed by atoms with van der Waals surface area (Å²) in [4.78, 5) is 55.3. The first-order valence-electron chi connectivity index (χ1n) is 17.0. The van der Waals surface area contributed by atoms with E-state index in [1.165, 1.54) is 6.07 Å². The Hall–Kier alpha value is -4.30. The van der Waals surface area contributed by atoms with Crippen molar-refractivity contribution in [2.24, 2.45) is 5.73 Å². The number of alkyl carbamates (subject to hydrolysis) is 1. The Labute approximate surface area is 303 Å².